The molecule has 6 heteroatoms. The van der Waals surface area contributed by atoms with Crippen LogP contribution < -0.4 is 0 Å². The minimum absolute atomic E-state index is 0.147. The van der Waals surface area contributed by atoms with Gasteiger partial charge in [0.2, 0.25) is 11.5 Å². The molecule has 0 amide bonds. The van der Waals surface area contributed by atoms with E-state index in [2.05, 4.69) is 9.97 Å². The maximum atomic E-state index is 10.8. The van der Waals surface area contributed by atoms with Crippen LogP contribution >= 0.6 is 0 Å². The average molecular weight is 241 g/mol. The van der Waals surface area contributed by atoms with Crippen molar-refractivity contribution in [3.63, 3.8) is 0 Å². The minimum Gasteiger partial charge on any atom is -0.429 e. The Morgan fingerprint density at radius 1 is 1.17 bits per heavy atom. The van der Waals surface area contributed by atoms with E-state index in [-0.39, 0.29) is 11.3 Å². The summed E-state index contributed by atoms with van der Waals surface area (Å²) in [4.78, 5) is 18.3. The predicted octanol–water partition coefficient (Wildman–Crippen LogP) is 2.80. The van der Waals surface area contributed by atoms with E-state index in [4.69, 9.17) is 4.42 Å². The average Bonchev–Trinajstić information content (AvgIpc) is 2.83. The highest BCUT2D eigenvalue weighted by Crippen LogP contribution is 2.29. The summed E-state index contributed by atoms with van der Waals surface area (Å²) in [5, 5.41) is 10.8. The highest BCUT2D eigenvalue weighted by molar-refractivity contribution is 5.83. The number of benzene rings is 1. The molecule has 18 heavy (non-hydrogen) atoms. The third kappa shape index (κ3) is 1.60. The summed E-state index contributed by atoms with van der Waals surface area (Å²) in [6.07, 6.45) is 2.60. The van der Waals surface area contributed by atoms with Gasteiger partial charge in [-0.2, -0.15) is 0 Å². The lowest BCUT2D eigenvalue weighted by atomic mass is 10.2. The van der Waals surface area contributed by atoms with Crippen molar-refractivity contribution >= 4 is 16.8 Å². The van der Waals surface area contributed by atoms with Gasteiger partial charge in [-0.3, -0.25) is 15.1 Å². The van der Waals surface area contributed by atoms with Crippen molar-refractivity contribution in [1.29, 1.82) is 0 Å². The Morgan fingerprint density at radius 3 is 2.67 bits per heavy atom. The fraction of sp³-hybridized carbons (Fsp3) is 0. The number of hydrogen-bond donors (Lipinski definition) is 0. The Morgan fingerprint density at radius 2 is 1.94 bits per heavy atom. The van der Waals surface area contributed by atoms with Crippen LogP contribution in [0.1, 0.15) is 0 Å². The standard InChI is InChI=1S/C12H7N3O3/c16-15(17)10-7-13-6-9-11(10)18-12(14-9)8-4-2-1-3-5-8/h1-7H. The first-order valence-electron chi connectivity index (χ1n) is 5.20. The number of pyridine rings is 1. The smallest absolute Gasteiger partial charge is 0.332 e. The monoisotopic (exact) mass is 241 g/mol. The minimum atomic E-state index is -0.532. The van der Waals surface area contributed by atoms with Gasteiger partial charge in [0.1, 0.15) is 11.7 Å². The number of aromatic nitrogens is 2. The number of oxazole rings is 1. The zero-order chi connectivity index (χ0) is 12.5. The van der Waals surface area contributed by atoms with E-state index >= 15 is 0 Å². The molecule has 0 atom stereocenters. The van der Waals surface area contributed by atoms with Gasteiger partial charge in [0.15, 0.2) is 0 Å². The summed E-state index contributed by atoms with van der Waals surface area (Å²) in [6, 6.07) is 9.21. The van der Waals surface area contributed by atoms with Crippen LogP contribution in [0.4, 0.5) is 5.69 Å². The van der Waals surface area contributed by atoms with Crippen LogP contribution in [-0.4, -0.2) is 14.9 Å². The highest BCUT2D eigenvalue weighted by atomic mass is 16.6. The van der Waals surface area contributed by atoms with Crippen molar-refractivity contribution in [2.75, 3.05) is 0 Å². The van der Waals surface area contributed by atoms with Gasteiger partial charge in [0.05, 0.1) is 11.1 Å². The molecule has 0 radical (unpaired) electrons. The molecule has 0 aliphatic heterocycles. The van der Waals surface area contributed by atoms with Crippen molar-refractivity contribution in [3.05, 3.63) is 52.8 Å². The van der Waals surface area contributed by atoms with Crippen LogP contribution in [0.5, 0.6) is 0 Å². The van der Waals surface area contributed by atoms with Crippen molar-refractivity contribution < 1.29 is 9.34 Å². The van der Waals surface area contributed by atoms with Crippen LogP contribution in [0.25, 0.3) is 22.6 Å². The van der Waals surface area contributed by atoms with E-state index in [1.54, 1.807) is 0 Å². The van der Waals surface area contributed by atoms with Crippen molar-refractivity contribution in [1.82, 2.24) is 9.97 Å². The third-order valence-corrected chi connectivity index (χ3v) is 2.50. The highest BCUT2D eigenvalue weighted by Gasteiger charge is 2.18. The van der Waals surface area contributed by atoms with E-state index < -0.39 is 4.92 Å². The van der Waals surface area contributed by atoms with Gasteiger partial charge in [-0.25, -0.2) is 4.98 Å². The fourth-order valence-electron chi connectivity index (χ4n) is 1.67. The number of fused-ring (bicyclic) bond motifs is 1. The molecule has 0 aliphatic rings. The largest absolute Gasteiger partial charge is 0.429 e. The van der Waals surface area contributed by atoms with Crippen LogP contribution in [0.2, 0.25) is 0 Å². The summed E-state index contributed by atoms with van der Waals surface area (Å²) in [5.74, 6) is 0.349. The van der Waals surface area contributed by atoms with E-state index in [0.717, 1.165) is 11.8 Å². The normalized spacial score (nSPS) is 10.7. The lowest BCUT2D eigenvalue weighted by Crippen LogP contribution is -1.88. The molecule has 6 nitrogen and oxygen atoms in total. The van der Waals surface area contributed by atoms with Crippen LogP contribution in [0.3, 0.4) is 0 Å². The van der Waals surface area contributed by atoms with Gasteiger partial charge in [0, 0.05) is 5.56 Å². The van der Waals surface area contributed by atoms with Gasteiger partial charge in [-0.1, -0.05) is 18.2 Å². The van der Waals surface area contributed by atoms with Gasteiger partial charge < -0.3 is 4.42 Å². The molecule has 0 unspecified atom stereocenters. The molecule has 0 saturated heterocycles. The Balaban J connectivity index is 2.23. The van der Waals surface area contributed by atoms with Crippen LogP contribution in [-0.2, 0) is 0 Å². The molecule has 0 saturated carbocycles. The topological polar surface area (TPSA) is 82.1 Å². The summed E-state index contributed by atoms with van der Waals surface area (Å²) in [7, 11) is 0. The summed E-state index contributed by atoms with van der Waals surface area (Å²) in [5.41, 5.74) is 1.11. The summed E-state index contributed by atoms with van der Waals surface area (Å²) in [6.45, 7) is 0. The Hall–Kier alpha value is -2.76. The molecular formula is C12H7N3O3. The first-order valence-corrected chi connectivity index (χ1v) is 5.20. The molecule has 3 rings (SSSR count). The zero-order valence-corrected chi connectivity index (χ0v) is 9.11. The molecular weight excluding hydrogens is 234 g/mol. The third-order valence-electron chi connectivity index (χ3n) is 2.50. The van der Waals surface area contributed by atoms with E-state index in [0.29, 0.717) is 11.4 Å². The van der Waals surface area contributed by atoms with E-state index in [1.807, 2.05) is 30.3 Å². The lowest BCUT2D eigenvalue weighted by Gasteiger charge is -1.92. The molecule has 0 spiro atoms. The summed E-state index contributed by atoms with van der Waals surface area (Å²) >= 11 is 0. The second-order valence-electron chi connectivity index (χ2n) is 3.65. The molecule has 0 N–H and O–H groups in total. The number of nitro groups is 1. The van der Waals surface area contributed by atoms with Crippen molar-refractivity contribution in [2.24, 2.45) is 0 Å². The number of rotatable bonds is 2. The van der Waals surface area contributed by atoms with Gasteiger partial charge >= 0.3 is 5.69 Å². The first kappa shape index (κ1) is 10.4. The molecule has 2 aromatic heterocycles. The van der Waals surface area contributed by atoms with Crippen LogP contribution in [0.15, 0.2) is 47.1 Å². The van der Waals surface area contributed by atoms with Crippen LogP contribution in [0, 0.1) is 10.1 Å². The lowest BCUT2D eigenvalue weighted by molar-refractivity contribution is -0.383. The first-order chi connectivity index (χ1) is 8.75. The Kier molecular flexibility index (Phi) is 2.26. The molecule has 2 heterocycles. The second-order valence-corrected chi connectivity index (χ2v) is 3.65. The fourth-order valence-corrected chi connectivity index (χ4v) is 1.67. The molecule has 1 aromatic carbocycles. The molecule has 3 aromatic rings. The number of hydrogen-bond acceptors (Lipinski definition) is 5. The van der Waals surface area contributed by atoms with Gasteiger partial charge in [0.25, 0.3) is 0 Å². The van der Waals surface area contributed by atoms with E-state index in [9.17, 15) is 10.1 Å². The summed E-state index contributed by atoms with van der Waals surface area (Å²) < 4.78 is 5.45. The molecule has 88 valence electrons. The quantitative estimate of drug-likeness (QED) is 0.509. The van der Waals surface area contributed by atoms with Gasteiger partial charge in [-0.15, -0.1) is 0 Å². The Labute approximate surface area is 101 Å². The van der Waals surface area contributed by atoms with E-state index in [1.165, 1.54) is 6.20 Å². The number of nitrogens with zero attached hydrogens (tertiary/aromatic N) is 3. The molecule has 0 bridgehead atoms. The Bertz CT molecular complexity index is 722. The molecule has 0 fully saturated rings. The second kappa shape index (κ2) is 3.92. The maximum Gasteiger partial charge on any atom is 0.332 e. The zero-order valence-electron chi connectivity index (χ0n) is 9.11. The van der Waals surface area contributed by atoms with Crippen molar-refractivity contribution in [2.45, 2.75) is 0 Å². The van der Waals surface area contributed by atoms with Crippen molar-refractivity contribution in [3.8, 4) is 11.5 Å². The molecule has 0 aliphatic carbocycles. The predicted molar refractivity (Wildman–Crippen MR) is 63.9 cm³/mol. The van der Waals surface area contributed by atoms with Gasteiger partial charge in [-0.05, 0) is 12.1 Å². The SMILES string of the molecule is O=[N+]([O-])c1cncc2nc(-c3ccccc3)oc12. The maximum absolute atomic E-state index is 10.8.